The number of sulfonamides is 1. The van der Waals surface area contributed by atoms with Crippen LogP contribution in [0.15, 0.2) is 29.2 Å². The molecule has 0 aromatic heterocycles. The lowest BCUT2D eigenvalue weighted by atomic mass is 10.3. The lowest BCUT2D eigenvalue weighted by molar-refractivity contribution is 0.308. The molecule has 1 aromatic rings. The highest BCUT2D eigenvalue weighted by molar-refractivity contribution is 7.89. The fraction of sp³-hybridized carbons (Fsp3) is 0.500. The Kier molecular flexibility index (Phi) is 5.61. The summed E-state index contributed by atoms with van der Waals surface area (Å²) < 4.78 is 31.7. The maximum Gasteiger partial charge on any atom is 0.246 e. The molecule has 1 saturated heterocycles. The molecule has 0 unspecified atom stereocenters. The van der Waals surface area contributed by atoms with E-state index >= 15 is 0 Å². The average Bonchev–Trinajstić information content (AvgIpc) is 2.38. The molecule has 1 aliphatic rings. The Bertz CT molecular complexity index is 521. The molecular weight excluding hydrogens is 288 g/mol. The topological polar surface area (TPSA) is 58.6 Å². The van der Waals surface area contributed by atoms with E-state index in [1.165, 1.54) is 11.4 Å². The summed E-state index contributed by atoms with van der Waals surface area (Å²) in [6, 6.07) is 6.89. The van der Waals surface area contributed by atoms with E-state index in [2.05, 4.69) is 5.32 Å². The summed E-state index contributed by atoms with van der Waals surface area (Å²) in [5, 5.41) is 3.23. The summed E-state index contributed by atoms with van der Waals surface area (Å²) in [7, 11) is -1.99. The monoisotopic (exact) mass is 306 g/mol. The highest BCUT2D eigenvalue weighted by Crippen LogP contribution is 2.26. The Labute approximate surface area is 120 Å². The minimum Gasteiger partial charge on any atom is -0.495 e. The molecule has 1 aliphatic heterocycles. The van der Waals surface area contributed by atoms with Gasteiger partial charge in [-0.15, -0.1) is 12.4 Å². The number of methoxy groups -OCH3 is 1. The SMILES string of the molecule is COc1ccccc1S(=O)(=O)N1CCN[C@H](C)C1.Cl. The number of halogens is 1. The van der Waals surface area contributed by atoms with Gasteiger partial charge in [-0.05, 0) is 19.1 Å². The maximum absolute atomic E-state index is 12.5. The molecule has 1 aromatic carbocycles. The van der Waals surface area contributed by atoms with Crippen LogP contribution in [0.1, 0.15) is 6.92 Å². The maximum atomic E-state index is 12.5. The first-order chi connectivity index (χ1) is 8.55. The number of hydrogen-bond donors (Lipinski definition) is 1. The molecule has 7 heteroatoms. The number of nitrogens with one attached hydrogen (secondary N) is 1. The molecule has 108 valence electrons. The molecule has 19 heavy (non-hydrogen) atoms. The number of nitrogens with zero attached hydrogens (tertiary/aromatic N) is 1. The smallest absolute Gasteiger partial charge is 0.246 e. The standard InChI is InChI=1S/C12H18N2O3S.ClH/c1-10-9-14(8-7-13-10)18(15,16)12-6-4-3-5-11(12)17-2;/h3-6,10,13H,7-9H2,1-2H3;1H/t10-;/m1./s1. The van der Waals surface area contributed by atoms with Gasteiger partial charge in [-0.1, -0.05) is 12.1 Å². The van der Waals surface area contributed by atoms with Gasteiger partial charge < -0.3 is 10.1 Å². The van der Waals surface area contributed by atoms with Crippen molar-refractivity contribution in [2.45, 2.75) is 17.9 Å². The van der Waals surface area contributed by atoms with Gasteiger partial charge in [-0.2, -0.15) is 4.31 Å². The Morgan fingerprint density at radius 1 is 1.37 bits per heavy atom. The van der Waals surface area contributed by atoms with Crippen LogP contribution in [-0.4, -0.2) is 45.5 Å². The lowest BCUT2D eigenvalue weighted by Gasteiger charge is -2.31. The van der Waals surface area contributed by atoms with Crippen LogP contribution in [0.25, 0.3) is 0 Å². The van der Waals surface area contributed by atoms with Crippen molar-refractivity contribution in [3.05, 3.63) is 24.3 Å². The van der Waals surface area contributed by atoms with Gasteiger partial charge in [0.05, 0.1) is 7.11 Å². The first-order valence-electron chi connectivity index (χ1n) is 5.92. The van der Waals surface area contributed by atoms with Crippen molar-refractivity contribution in [2.24, 2.45) is 0 Å². The van der Waals surface area contributed by atoms with Gasteiger partial charge in [-0.3, -0.25) is 0 Å². The van der Waals surface area contributed by atoms with Crippen LogP contribution in [0.2, 0.25) is 0 Å². The van der Waals surface area contributed by atoms with E-state index in [1.807, 2.05) is 6.92 Å². The van der Waals surface area contributed by atoms with Crippen molar-refractivity contribution in [3.63, 3.8) is 0 Å². The fourth-order valence-electron chi connectivity index (χ4n) is 2.09. The van der Waals surface area contributed by atoms with Crippen molar-refractivity contribution >= 4 is 22.4 Å². The second-order valence-electron chi connectivity index (χ2n) is 4.37. The number of hydrogen-bond acceptors (Lipinski definition) is 4. The van der Waals surface area contributed by atoms with Gasteiger partial charge in [0, 0.05) is 25.7 Å². The quantitative estimate of drug-likeness (QED) is 0.908. The van der Waals surface area contributed by atoms with Crippen LogP contribution in [0.4, 0.5) is 0 Å². The summed E-state index contributed by atoms with van der Waals surface area (Å²) in [5.41, 5.74) is 0. The summed E-state index contributed by atoms with van der Waals surface area (Å²) in [4.78, 5) is 0.238. The molecule has 0 amide bonds. The molecule has 0 aliphatic carbocycles. The third-order valence-corrected chi connectivity index (χ3v) is 4.92. The van der Waals surface area contributed by atoms with Gasteiger partial charge in [0.15, 0.2) is 0 Å². The third kappa shape index (κ3) is 3.39. The number of benzene rings is 1. The van der Waals surface area contributed by atoms with Crippen LogP contribution >= 0.6 is 12.4 Å². The molecule has 5 nitrogen and oxygen atoms in total. The van der Waals surface area contributed by atoms with E-state index in [0.717, 1.165) is 0 Å². The van der Waals surface area contributed by atoms with E-state index in [9.17, 15) is 8.42 Å². The van der Waals surface area contributed by atoms with Gasteiger partial charge >= 0.3 is 0 Å². The number of rotatable bonds is 3. The number of ether oxygens (including phenoxy) is 1. The Morgan fingerprint density at radius 3 is 2.68 bits per heavy atom. The van der Waals surface area contributed by atoms with Crippen molar-refractivity contribution in [2.75, 3.05) is 26.7 Å². The van der Waals surface area contributed by atoms with Crippen LogP contribution in [0.3, 0.4) is 0 Å². The first kappa shape index (κ1) is 16.2. The van der Waals surface area contributed by atoms with Crippen molar-refractivity contribution in [1.82, 2.24) is 9.62 Å². The van der Waals surface area contributed by atoms with Gasteiger partial charge in [0.2, 0.25) is 10.0 Å². The molecule has 1 atom stereocenters. The lowest BCUT2D eigenvalue weighted by Crippen LogP contribution is -2.51. The zero-order chi connectivity index (χ0) is 13.2. The molecular formula is C12H19ClN2O3S. The molecule has 0 bridgehead atoms. The zero-order valence-corrected chi connectivity index (χ0v) is 12.6. The summed E-state index contributed by atoms with van der Waals surface area (Å²) >= 11 is 0. The molecule has 0 radical (unpaired) electrons. The highest BCUT2D eigenvalue weighted by atomic mass is 35.5. The number of piperazine rings is 1. The van der Waals surface area contributed by atoms with Gasteiger partial charge in [-0.25, -0.2) is 8.42 Å². The fourth-order valence-corrected chi connectivity index (χ4v) is 3.77. The van der Waals surface area contributed by atoms with Gasteiger partial charge in [0.1, 0.15) is 10.6 Å². The largest absolute Gasteiger partial charge is 0.495 e. The first-order valence-corrected chi connectivity index (χ1v) is 7.36. The second kappa shape index (κ2) is 6.56. The molecule has 2 rings (SSSR count). The third-order valence-electron chi connectivity index (χ3n) is 3.02. The molecule has 1 heterocycles. The normalized spacial score (nSPS) is 20.6. The molecule has 1 N–H and O–H groups in total. The summed E-state index contributed by atoms with van der Waals surface area (Å²) in [6.07, 6.45) is 0. The minimum atomic E-state index is -3.47. The molecule has 0 saturated carbocycles. The van der Waals surface area contributed by atoms with E-state index in [0.29, 0.717) is 25.4 Å². The van der Waals surface area contributed by atoms with Crippen LogP contribution < -0.4 is 10.1 Å². The summed E-state index contributed by atoms with van der Waals surface area (Å²) in [6.45, 7) is 3.63. The Morgan fingerprint density at radius 2 is 2.05 bits per heavy atom. The Hall–Kier alpha value is -0.820. The van der Waals surface area contributed by atoms with Crippen molar-refractivity contribution in [3.8, 4) is 5.75 Å². The van der Waals surface area contributed by atoms with E-state index in [1.54, 1.807) is 24.3 Å². The van der Waals surface area contributed by atoms with Crippen molar-refractivity contribution in [1.29, 1.82) is 0 Å². The van der Waals surface area contributed by atoms with Crippen LogP contribution in [0, 0.1) is 0 Å². The second-order valence-corrected chi connectivity index (χ2v) is 6.28. The van der Waals surface area contributed by atoms with E-state index in [4.69, 9.17) is 4.74 Å². The van der Waals surface area contributed by atoms with Gasteiger partial charge in [0.25, 0.3) is 0 Å². The van der Waals surface area contributed by atoms with Crippen LogP contribution in [-0.2, 0) is 10.0 Å². The van der Waals surface area contributed by atoms with E-state index in [-0.39, 0.29) is 23.3 Å². The Balaban J connectivity index is 0.00000180. The molecule has 0 spiro atoms. The predicted octanol–water partition coefficient (Wildman–Crippen LogP) is 1.10. The predicted molar refractivity (Wildman–Crippen MR) is 76.5 cm³/mol. The minimum absolute atomic E-state index is 0. The molecule has 1 fully saturated rings. The zero-order valence-electron chi connectivity index (χ0n) is 11.0. The van der Waals surface area contributed by atoms with Crippen molar-refractivity contribution < 1.29 is 13.2 Å². The number of para-hydroxylation sites is 1. The van der Waals surface area contributed by atoms with Crippen LogP contribution in [0.5, 0.6) is 5.75 Å². The highest BCUT2D eigenvalue weighted by Gasteiger charge is 2.30. The van der Waals surface area contributed by atoms with E-state index < -0.39 is 10.0 Å². The average molecular weight is 307 g/mol. The summed E-state index contributed by atoms with van der Waals surface area (Å²) in [5.74, 6) is 0.392.